The van der Waals surface area contributed by atoms with Crippen molar-refractivity contribution >= 4 is 11.9 Å². The molecule has 1 aromatic rings. The summed E-state index contributed by atoms with van der Waals surface area (Å²) in [5.41, 5.74) is 0. The lowest BCUT2D eigenvalue weighted by Gasteiger charge is -2.20. The Bertz CT molecular complexity index is 447. The molecule has 0 saturated heterocycles. The molecule has 0 aliphatic carbocycles. The van der Waals surface area contributed by atoms with E-state index in [9.17, 15) is 9.59 Å². The van der Waals surface area contributed by atoms with E-state index in [-0.39, 0.29) is 5.91 Å². The van der Waals surface area contributed by atoms with Crippen LogP contribution in [0.2, 0.25) is 0 Å². The predicted octanol–water partition coefficient (Wildman–Crippen LogP) is 2.60. The molecule has 1 aromatic carbocycles. The van der Waals surface area contributed by atoms with Crippen molar-refractivity contribution in [1.82, 2.24) is 5.32 Å². The Kier molecular flexibility index (Phi) is 7.29. The molecule has 1 rings (SSSR count). The highest BCUT2D eigenvalue weighted by molar-refractivity contribution is 5.86. The molecule has 0 saturated carbocycles. The van der Waals surface area contributed by atoms with Crippen molar-refractivity contribution < 1.29 is 19.4 Å². The Hall–Kier alpha value is -2.04. The van der Waals surface area contributed by atoms with E-state index in [1.54, 1.807) is 12.1 Å². The number of unbranched alkanes of at least 4 members (excludes halogenated alkanes) is 1. The Labute approximate surface area is 125 Å². The second-order valence-corrected chi connectivity index (χ2v) is 4.87. The minimum Gasteiger partial charge on any atom is -0.481 e. The summed E-state index contributed by atoms with van der Waals surface area (Å²) in [6.45, 7) is 3.81. The van der Waals surface area contributed by atoms with Crippen LogP contribution in [0.5, 0.6) is 5.75 Å². The maximum absolute atomic E-state index is 12.2. The van der Waals surface area contributed by atoms with Crippen LogP contribution in [0, 0.1) is 0 Å². The number of para-hydroxylation sites is 1. The normalized spacial score (nSPS) is 13.2. The van der Waals surface area contributed by atoms with Crippen LogP contribution in [0.3, 0.4) is 0 Å². The Morgan fingerprint density at radius 2 is 1.90 bits per heavy atom. The highest BCUT2D eigenvalue weighted by atomic mass is 16.5. The van der Waals surface area contributed by atoms with Crippen LogP contribution in [0.25, 0.3) is 0 Å². The summed E-state index contributed by atoms with van der Waals surface area (Å²) < 4.78 is 5.61. The number of carbonyl (C=O) groups is 2. The number of nitrogens with one attached hydrogen (secondary N) is 1. The van der Waals surface area contributed by atoms with Gasteiger partial charge in [0.05, 0.1) is 0 Å². The summed E-state index contributed by atoms with van der Waals surface area (Å²) in [7, 11) is 0. The van der Waals surface area contributed by atoms with E-state index in [0.717, 1.165) is 12.8 Å². The second kappa shape index (κ2) is 9.00. The molecule has 0 aliphatic rings. The van der Waals surface area contributed by atoms with Gasteiger partial charge in [0.25, 0.3) is 5.91 Å². The average molecular weight is 293 g/mol. The molecule has 0 fully saturated rings. The minimum atomic E-state index is -1.01. The lowest BCUT2D eigenvalue weighted by molar-refractivity contribution is -0.143. The average Bonchev–Trinajstić information content (AvgIpc) is 2.49. The molecule has 0 bridgehead atoms. The van der Waals surface area contributed by atoms with Crippen molar-refractivity contribution in [2.24, 2.45) is 0 Å². The molecular formula is C16H23NO4. The molecule has 1 amide bonds. The van der Waals surface area contributed by atoms with Gasteiger partial charge in [0.1, 0.15) is 11.8 Å². The fraction of sp³-hybridized carbons (Fsp3) is 0.500. The van der Waals surface area contributed by atoms with Gasteiger partial charge in [-0.3, -0.25) is 4.79 Å². The largest absolute Gasteiger partial charge is 0.481 e. The number of aliphatic carboxylic acids is 1. The first-order chi connectivity index (χ1) is 10.1. The van der Waals surface area contributed by atoms with E-state index < -0.39 is 18.1 Å². The molecule has 0 aliphatic heterocycles. The van der Waals surface area contributed by atoms with Crippen molar-refractivity contribution in [2.45, 2.75) is 51.7 Å². The van der Waals surface area contributed by atoms with Gasteiger partial charge in [-0.15, -0.1) is 0 Å². The molecule has 0 aromatic heterocycles. The number of benzene rings is 1. The summed E-state index contributed by atoms with van der Waals surface area (Å²) in [6, 6.07) is 8.18. The zero-order valence-corrected chi connectivity index (χ0v) is 12.5. The van der Waals surface area contributed by atoms with Crippen molar-refractivity contribution in [2.75, 3.05) is 0 Å². The van der Waals surface area contributed by atoms with Crippen molar-refractivity contribution in [3.05, 3.63) is 30.3 Å². The molecule has 2 atom stereocenters. The van der Waals surface area contributed by atoms with Gasteiger partial charge < -0.3 is 15.2 Å². The first-order valence-electron chi connectivity index (χ1n) is 7.33. The van der Waals surface area contributed by atoms with Gasteiger partial charge >= 0.3 is 5.97 Å². The highest BCUT2D eigenvalue weighted by Crippen LogP contribution is 2.13. The third-order valence-electron chi connectivity index (χ3n) is 3.15. The van der Waals surface area contributed by atoms with E-state index in [4.69, 9.17) is 9.84 Å². The summed E-state index contributed by atoms with van der Waals surface area (Å²) in [5, 5.41) is 11.7. The molecule has 0 spiro atoms. The Morgan fingerprint density at radius 3 is 2.43 bits per heavy atom. The zero-order chi connectivity index (χ0) is 15.7. The van der Waals surface area contributed by atoms with Gasteiger partial charge in [-0.05, 0) is 25.0 Å². The van der Waals surface area contributed by atoms with Crippen LogP contribution in [-0.2, 0) is 9.59 Å². The van der Waals surface area contributed by atoms with Gasteiger partial charge in [-0.1, -0.05) is 44.9 Å². The molecule has 5 nitrogen and oxygen atoms in total. The van der Waals surface area contributed by atoms with Gasteiger partial charge in [-0.2, -0.15) is 0 Å². The maximum Gasteiger partial charge on any atom is 0.326 e. The number of hydrogen-bond acceptors (Lipinski definition) is 3. The van der Waals surface area contributed by atoms with Crippen LogP contribution in [0.15, 0.2) is 30.3 Å². The number of carboxylic acids is 1. The summed E-state index contributed by atoms with van der Waals surface area (Å²) in [5.74, 6) is -0.795. The molecule has 21 heavy (non-hydrogen) atoms. The number of amides is 1. The van der Waals surface area contributed by atoms with Crippen molar-refractivity contribution in [3.63, 3.8) is 0 Å². The number of hydrogen-bond donors (Lipinski definition) is 2. The maximum atomic E-state index is 12.2. The van der Waals surface area contributed by atoms with Gasteiger partial charge in [0, 0.05) is 0 Å². The summed E-state index contributed by atoms with van der Waals surface area (Å²) in [4.78, 5) is 23.3. The molecular weight excluding hydrogens is 270 g/mol. The lowest BCUT2D eigenvalue weighted by Crippen LogP contribution is -2.47. The molecule has 116 valence electrons. The van der Waals surface area contributed by atoms with Crippen LogP contribution in [0.1, 0.15) is 39.5 Å². The van der Waals surface area contributed by atoms with Crippen LogP contribution in [-0.4, -0.2) is 29.1 Å². The van der Waals surface area contributed by atoms with Crippen molar-refractivity contribution in [3.8, 4) is 5.75 Å². The van der Waals surface area contributed by atoms with Crippen LogP contribution >= 0.6 is 0 Å². The first kappa shape index (κ1) is 17.0. The quantitative estimate of drug-likeness (QED) is 0.734. The van der Waals surface area contributed by atoms with Gasteiger partial charge in [0.15, 0.2) is 6.10 Å². The standard InChI is InChI=1S/C16H23NO4/c1-3-5-11-13(16(19)20)17-15(18)14(4-2)21-12-9-7-6-8-10-12/h6-10,13-14H,3-5,11H2,1-2H3,(H,17,18)(H,19,20). The molecule has 2 N–H and O–H groups in total. The molecule has 0 radical (unpaired) electrons. The number of carbonyl (C=O) groups excluding carboxylic acids is 1. The third-order valence-corrected chi connectivity index (χ3v) is 3.15. The third kappa shape index (κ3) is 5.85. The number of carboxylic acid groups (broad SMARTS) is 1. The number of ether oxygens (including phenoxy) is 1. The Balaban J connectivity index is 2.62. The summed E-state index contributed by atoms with van der Waals surface area (Å²) >= 11 is 0. The van der Waals surface area contributed by atoms with E-state index >= 15 is 0 Å². The van der Waals surface area contributed by atoms with E-state index in [1.165, 1.54) is 0 Å². The fourth-order valence-corrected chi connectivity index (χ4v) is 1.92. The zero-order valence-electron chi connectivity index (χ0n) is 12.5. The first-order valence-corrected chi connectivity index (χ1v) is 7.33. The Morgan fingerprint density at radius 1 is 1.24 bits per heavy atom. The lowest BCUT2D eigenvalue weighted by atomic mass is 10.1. The molecule has 0 heterocycles. The smallest absolute Gasteiger partial charge is 0.326 e. The second-order valence-electron chi connectivity index (χ2n) is 4.87. The topological polar surface area (TPSA) is 75.6 Å². The van der Waals surface area contributed by atoms with E-state index in [2.05, 4.69) is 5.32 Å². The van der Waals surface area contributed by atoms with Crippen LogP contribution in [0.4, 0.5) is 0 Å². The highest BCUT2D eigenvalue weighted by Gasteiger charge is 2.25. The van der Waals surface area contributed by atoms with Crippen LogP contribution < -0.4 is 10.1 Å². The number of rotatable bonds is 9. The van der Waals surface area contributed by atoms with Crippen molar-refractivity contribution in [1.29, 1.82) is 0 Å². The minimum absolute atomic E-state index is 0.384. The van der Waals surface area contributed by atoms with Gasteiger partial charge in [-0.25, -0.2) is 4.79 Å². The monoisotopic (exact) mass is 293 g/mol. The van der Waals surface area contributed by atoms with E-state index in [0.29, 0.717) is 18.6 Å². The summed E-state index contributed by atoms with van der Waals surface area (Å²) in [6.07, 6.45) is 1.86. The molecule has 2 unspecified atom stereocenters. The molecule has 5 heteroatoms. The SMILES string of the molecule is CCCCC(NC(=O)C(CC)Oc1ccccc1)C(=O)O. The van der Waals surface area contributed by atoms with E-state index in [1.807, 2.05) is 32.0 Å². The van der Waals surface area contributed by atoms with Gasteiger partial charge in [0.2, 0.25) is 0 Å². The fourth-order valence-electron chi connectivity index (χ4n) is 1.92. The predicted molar refractivity (Wildman–Crippen MR) is 80.2 cm³/mol.